The molecule has 2 atom stereocenters. The van der Waals surface area contributed by atoms with Crippen LogP contribution < -0.4 is 11.5 Å². The van der Waals surface area contributed by atoms with Crippen molar-refractivity contribution in [3.63, 3.8) is 0 Å². The van der Waals surface area contributed by atoms with Crippen molar-refractivity contribution in [1.82, 2.24) is 0 Å². The first-order chi connectivity index (χ1) is 6.70. The van der Waals surface area contributed by atoms with E-state index < -0.39 is 0 Å². The van der Waals surface area contributed by atoms with Gasteiger partial charge >= 0.3 is 0 Å². The van der Waals surface area contributed by atoms with E-state index in [2.05, 4.69) is 13.8 Å². The molecule has 0 aliphatic carbocycles. The standard InChI is InChI=1S/C10H24N2S2/c1-3-5-9(11)7-13-14-8-10(12)6-4-2/h9-10H,3-8,11-12H2,1-2H3. The zero-order valence-electron chi connectivity index (χ0n) is 9.37. The number of hydrogen-bond donors (Lipinski definition) is 2. The van der Waals surface area contributed by atoms with Gasteiger partial charge in [-0.1, -0.05) is 48.3 Å². The topological polar surface area (TPSA) is 52.0 Å². The van der Waals surface area contributed by atoms with Crippen LogP contribution in [0.3, 0.4) is 0 Å². The van der Waals surface area contributed by atoms with E-state index in [0.29, 0.717) is 12.1 Å². The molecule has 0 fully saturated rings. The summed E-state index contributed by atoms with van der Waals surface area (Å²) in [6.07, 6.45) is 4.63. The second kappa shape index (κ2) is 10.1. The Morgan fingerprint density at radius 3 is 1.50 bits per heavy atom. The summed E-state index contributed by atoms with van der Waals surface area (Å²) in [7, 11) is 3.73. The largest absolute Gasteiger partial charge is 0.327 e. The van der Waals surface area contributed by atoms with E-state index in [1.54, 1.807) is 0 Å². The fourth-order valence-electron chi connectivity index (χ4n) is 1.18. The molecule has 2 nitrogen and oxygen atoms in total. The van der Waals surface area contributed by atoms with Crippen LogP contribution in [0.2, 0.25) is 0 Å². The third kappa shape index (κ3) is 9.19. The quantitative estimate of drug-likeness (QED) is 0.477. The molecule has 0 aliphatic heterocycles. The number of rotatable bonds is 9. The van der Waals surface area contributed by atoms with Gasteiger partial charge in [-0.25, -0.2) is 0 Å². The summed E-state index contributed by atoms with van der Waals surface area (Å²) >= 11 is 0. The van der Waals surface area contributed by atoms with Crippen molar-refractivity contribution in [1.29, 1.82) is 0 Å². The van der Waals surface area contributed by atoms with Gasteiger partial charge in [0.1, 0.15) is 0 Å². The SMILES string of the molecule is CCCC(N)CSSCC(N)CCC. The van der Waals surface area contributed by atoms with Gasteiger partial charge in [-0.3, -0.25) is 0 Å². The van der Waals surface area contributed by atoms with Gasteiger partial charge in [0.2, 0.25) is 0 Å². The van der Waals surface area contributed by atoms with E-state index in [-0.39, 0.29) is 0 Å². The molecular formula is C10H24N2S2. The zero-order valence-corrected chi connectivity index (χ0v) is 11.0. The van der Waals surface area contributed by atoms with E-state index in [0.717, 1.165) is 24.3 Å². The van der Waals surface area contributed by atoms with Crippen LogP contribution in [0.25, 0.3) is 0 Å². The Morgan fingerprint density at radius 2 is 1.21 bits per heavy atom. The molecule has 4 N–H and O–H groups in total. The lowest BCUT2D eigenvalue weighted by Crippen LogP contribution is -2.23. The fraction of sp³-hybridized carbons (Fsp3) is 1.00. The predicted molar refractivity (Wildman–Crippen MR) is 70.7 cm³/mol. The molecule has 0 aromatic rings. The summed E-state index contributed by atoms with van der Waals surface area (Å²) in [5.74, 6) is 2.11. The monoisotopic (exact) mass is 236 g/mol. The summed E-state index contributed by atoms with van der Waals surface area (Å²) in [5, 5.41) is 0. The van der Waals surface area contributed by atoms with Crippen LogP contribution in [0.4, 0.5) is 0 Å². The average Bonchev–Trinajstić information content (AvgIpc) is 2.13. The van der Waals surface area contributed by atoms with Crippen LogP contribution in [-0.2, 0) is 0 Å². The first kappa shape index (κ1) is 14.6. The van der Waals surface area contributed by atoms with Gasteiger partial charge in [0.25, 0.3) is 0 Å². The van der Waals surface area contributed by atoms with Gasteiger partial charge in [0, 0.05) is 23.6 Å². The van der Waals surface area contributed by atoms with E-state index in [1.165, 1.54) is 12.8 Å². The highest BCUT2D eigenvalue weighted by atomic mass is 33.1. The molecule has 86 valence electrons. The molecule has 0 aromatic carbocycles. The lowest BCUT2D eigenvalue weighted by molar-refractivity contribution is 0.660. The van der Waals surface area contributed by atoms with Crippen molar-refractivity contribution in [3.8, 4) is 0 Å². The summed E-state index contributed by atoms with van der Waals surface area (Å²) in [6.45, 7) is 4.35. The second-order valence-corrected chi connectivity index (χ2v) is 6.22. The molecule has 4 heteroatoms. The van der Waals surface area contributed by atoms with Crippen LogP contribution in [0.5, 0.6) is 0 Å². The van der Waals surface area contributed by atoms with Crippen molar-refractivity contribution in [2.24, 2.45) is 11.5 Å². The van der Waals surface area contributed by atoms with Crippen LogP contribution in [0, 0.1) is 0 Å². The Hall–Kier alpha value is 0.620. The molecule has 0 aliphatic rings. The van der Waals surface area contributed by atoms with Gasteiger partial charge in [0.15, 0.2) is 0 Å². The van der Waals surface area contributed by atoms with Gasteiger partial charge in [-0.2, -0.15) is 0 Å². The maximum atomic E-state index is 5.89. The summed E-state index contributed by atoms with van der Waals surface area (Å²) in [6, 6.07) is 0.722. The third-order valence-corrected chi connectivity index (χ3v) is 4.58. The predicted octanol–water partition coefficient (Wildman–Crippen LogP) is 2.62. The Kier molecular flexibility index (Phi) is 10.6. The Labute approximate surface area is 96.3 Å². The van der Waals surface area contributed by atoms with Gasteiger partial charge in [0.05, 0.1) is 0 Å². The second-order valence-electron chi connectivity index (χ2n) is 3.67. The van der Waals surface area contributed by atoms with Crippen molar-refractivity contribution in [3.05, 3.63) is 0 Å². The molecule has 14 heavy (non-hydrogen) atoms. The van der Waals surface area contributed by atoms with Crippen molar-refractivity contribution < 1.29 is 0 Å². The van der Waals surface area contributed by atoms with Gasteiger partial charge in [-0.15, -0.1) is 0 Å². The Bertz CT molecular complexity index is 109. The lowest BCUT2D eigenvalue weighted by atomic mass is 10.2. The summed E-state index contributed by atoms with van der Waals surface area (Å²) in [4.78, 5) is 0. The van der Waals surface area contributed by atoms with Crippen LogP contribution >= 0.6 is 21.6 Å². The van der Waals surface area contributed by atoms with Crippen molar-refractivity contribution in [2.75, 3.05) is 11.5 Å². The van der Waals surface area contributed by atoms with E-state index in [1.807, 2.05) is 21.6 Å². The third-order valence-electron chi connectivity index (χ3n) is 1.97. The van der Waals surface area contributed by atoms with Gasteiger partial charge in [-0.05, 0) is 12.8 Å². The summed E-state index contributed by atoms with van der Waals surface area (Å²) in [5.41, 5.74) is 11.8. The highest BCUT2D eigenvalue weighted by Crippen LogP contribution is 2.23. The minimum Gasteiger partial charge on any atom is -0.327 e. The van der Waals surface area contributed by atoms with Crippen LogP contribution in [-0.4, -0.2) is 23.6 Å². The highest BCUT2D eigenvalue weighted by molar-refractivity contribution is 8.76. The molecule has 2 unspecified atom stereocenters. The van der Waals surface area contributed by atoms with Crippen molar-refractivity contribution in [2.45, 2.75) is 51.6 Å². The van der Waals surface area contributed by atoms with E-state index >= 15 is 0 Å². The minimum atomic E-state index is 0.361. The number of nitrogens with two attached hydrogens (primary N) is 2. The Morgan fingerprint density at radius 1 is 0.857 bits per heavy atom. The molecular weight excluding hydrogens is 212 g/mol. The summed E-state index contributed by atoms with van der Waals surface area (Å²) < 4.78 is 0. The maximum Gasteiger partial charge on any atom is 0.0189 e. The first-order valence-corrected chi connectivity index (χ1v) is 7.95. The molecule has 0 amide bonds. The zero-order chi connectivity index (χ0) is 10.8. The Balaban J connectivity index is 3.19. The van der Waals surface area contributed by atoms with Crippen LogP contribution in [0.1, 0.15) is 39.5 Å². The molecule has 0 saturated carbocycles. The average molecular weight is 236 g/mol. The van der Waals surface area contributed by atoms with E-state index in [4.69, 9.17) is 11.5 Å². The molecule has 0 saturated heterocycles. The van der Waals surface area contributed by atoms with Gasteiger partial charge < -0.3 is 11.5 Å². The molecule has 0 heterocycles. The number of hydrogen-bond acceptors (Lipinski definition) is 4. The highest BCUT2D eigenvalue weighted by Gasteiger charge is 2.04. The molecule has 0 aromatic heterocycles. The van der Waals surface area contributed by atoms with Crippen LogP contribution in [0.15, 0.2) is 0 Å². The molecule has 0 radical (unpaired) electrons. The molecule has 0 bridgehead atoms. The minimum absolute atomic E-state index is 0.361. The fourth-order valence-corrected chi connectivity index (χ4v) is 3.68. The van der Waals surface area contributed by atoms with E-state index in [9.17, 15) is 0 Å². The lowest BCUT2D eigenvalue weighted by Gasteiger charge is -2.11. The molecule has 0 spiro atoms. The smallest absolute Gasteiger partial charge is 0.0189 e. The maximum absolute atomic E-state index is 5.89. The first-order valence-electron chi connectivity index (χ1n) is 5.46. The van der Waals surface area contributed by atoms with Crippen molar-refractivity contribution >= 4 is 21.6 Å². The molecule has 0 rings (SSSR count). The normalized spacial score (nSPS) is 15.4.